The summed E-state index contributed by atoms with van der Waals surface area (Å²) in [6.45, 7) is 4.68. The minimum Gasteiger partial charge on any atom is -0.489 e. The van der Waals surface area contributed by atoms with Crippen molar-refractivity contribution in [1.82, 2.24) is 19.8 Å². The Bertz CT molecular complexity index is 2030. The van der Waals surface area contributed by atoms with E-state index in [2.05, 4.69) is 21.8 Å². The van der Waals surface area contributed by atoms with E-state index in [9.17, 15) is 14.4 Å². The van der Waals surface area contributed by atoms with E-state index in [1.165, 1.54) is 12.1 Å². The van der Waals surface area contributed by atoms with Crippen LogP contribution in [0.1, 0.15) is 44.6 Å². The van der Waals surface area contributed by atoms with Crippen molar-refractivity contribution in [2.75, 3.05) is 50.5 Å². The fourth-order valence-corrected chi connectivity index (χ4v) is 8.93. The van der Waals surface area contributed by atoms with Gasteiger partial charge < -0.3 is 25.0 Å². The van der Waals surface area contributed by atoms with E-state index in [4.69, 9.17) is 31.8 Å². The highest BCUT2D eigenvalue weighted by Crippen LogP contribution is 2.51. The van der Waals surface area contributed by atoms with Gasteiger partial charge in [-0.2, -0.15) is 15.2 Å². The summed E-state index contributed by atoms with van der Waals surface area (Å²) in [6, 6.07) is 4.73. The lowest BCUT2D eigenvalue weighted by molar-refractivity contribution is -0.131. The highest BCUT2D eigenvalue weighted by molar-refractivity contribution is 7.23. The van der Waals surface area contributed by atoms with E-state index in [0.29, 0.717) is 30.8 Å². The Hall–Kier alpha value is -3.99. The molecule has 2 aromatic heterocycles. The third kappa shape index (κ3) is 4.99. The molecule has 0 unspecified atom stereocenters. The second-order valence-corrected chi connectivity index (χ2v) is 14.6. The number of amides is 1. The van der Waals surface area contributed by atoms with Gasteiger partial charge in [-0.15, -0.1) is 11.3 Å². The van der Waals surface area contributed by atoms with Crippen LogP contribution in [0.15, 0.2) is 12.1 Å². The molecule has 3 atom stereocenters. The van der Waals surface area contributed by atoms with Crippen molar-refractivity contribution in [3.05, 3.63) is 34.4 Å². The monoisotopic (exact) mass is 693 g/mol. The first-order valence-corrected chi connectivity index (χ1v) is 17.5. The zero-order valence-corrected chi connectivity index (χ0v) is 28.1. The molecule has 2 saturated heterocycles. The number of nitrogens with two attached hydrogens (primary N) is 1. The number of carbonyl (C=O) groups is 1. The van der Waals surface area contributed by atoms with Gasteiger partial charge in [-0.1, -0.05) is 17.7 Å². The zero-order chi connectivity index (χ0) is 33.4. The molecule has 10 nitrogen and oxygen atoms in total. The van der Waals surface area contributed by atoms with Gasteiger partial charge in [0.15, 0.2) is 11.6 Å². The molecule has 0 bridgehead atoms. The maximum Gasteiger partial charge on any atom is 0.319 e. The van der Waals surface area contributed by atoms with Crippen molar-refractivity contribution in [2.45, 2.75) is 57.2 Å². The molecule has 0 radical (unpaired) electrons. The lowest BCUT2D eigenvalue weighted by Crippen LogP contribution is -2.41. The predicted octanol–water partition coefficient (Wildman–Crippen LogP) is 5.97. The molecule has 48 heavy (non-hydrogen) atoms. The van der Waals surface area contributed by atoms with E-state index in [1.54, 1.807) is 0 Å². The molecule has 8 rings (SSSR count). The Labute approximate surface area is 285 Å². The fourth-order valence-electron chi connectivity index (χ4n) is 7.64. The summed E-state index contributed by atoms with van der Waals surface area (Å²) in [5.74, 6) is -0.436. The first-order chi connectivity index (χ1) is 23.2. The van der Waals surface area contributed by atoms with Crippen LogP contribution in [0.3, 0.4) is 0 Å². The zero-order valence-electron chi connectivity index (χ0n) is 26.6. The standard InChI is InChI=1S/C34H34ClF2N7O3S/c1-16(22-4-3-10-42(22)2)47-34-40-28-25-29(46-13-12-44(32(25)41-34)18-9-11-43(15-18)33(45)17-5-6-17)26(35)24(27(28)37)19-7-8-21(36)30-23(19)20(14-38)31(39)48-30/h7-8,16-18,22H,3-6,9-13,15,39H2,1-2H3/t16-,18-,22-/m0/s1. The Balaban J connectivity index is 1.32. The average Bonchev–Trinajstić information content (AvgIpc) is 3.55. The van der Waals surface area contributed by atoms with Gasteiger partial charge in [-0.05, 0) is 64.3 Å². The molecule has 3 aliphatic heterocycles. The van der Waals surface area contributed by atoms with Crippen molar-refractivity contribution in [3.63, 3.8) is 0 Å². The second kappa shape index (κ2) is 11.9. The molecule has 0 spiro atoms. The van der Waals surface area contributed by atoms with Crippen molar-refractivity contribution in [2.24, 2.45) is 5.92 Å². The normalized spacial score (nSPS) is 21.8. The van der Waals surface area contributed by atoms with E-state index in [1.807, 2.05) is 17.9 Å². The number of fused-ring (bicyclic) bond motifs is 1. The number of benzene rings is 2. The fraction of sp³-hybridized carbons (Fsp3) is 0.471. The van der Waals surface area contributed by atoms with Gasteiger partial charge in [0.1, 0.15) is 40.9 Å². The SMILES string of the molecule is C[C@H](Oc1nc2c3c(c(Cl)c(-c4ccc(F)c5sc(N)c(C#N)c45)c(F)c3n1)OCCN2[C@H]1CCN(C(=O)C2CC2)C1)[C@@H]1CCCN1C. The summed E-state index contributed by atoms with van der Waals surface area (Å²) >= 11 is 7.98. The molecule has 14 heteroatoms. The van der Waals surface area contributed by atoms with Gasteiger partial charge >= 0.3 is 6.01 Å². The van der Waals surface area contributed by atoms with Crippen LogP contribution in [0.5, 0.6) is 11.8 Å². The number of likely N-dealkylation sites (N-methyl/N-ethyl adjacent to an activating group) is 1. The van der Waals surface area contributed by atoms with Crippen molar-refractivity contribution < 1.29 is 23.0 Å². The Morgan fingerprint density at radius 1 is 1.19 bits per heavy atom. The molecule has 5 heterocycles. The molecule has 2 aromatic carbocycles. The quantitative estimate of drug-likeness (QED) is 0.261. The summed E-state index contributed by atoms with van der Waals surface area (Å²) in [7, 11) is 2.05. The number of hydrogen-bond acceptors (Lipinski definition) is 10. The van der Waals surface area contributed by atoms with Crippen LogP contribution in [0.4, 0.5) is 19.6 Å². The van der Waals surface area contributed by atoms with Gasteiger partial charge in [0.2, 0.25) is 5.91 Å². The summed E-state index contributed by atoms with van der Waals surface area (Å²) in [5, 5.41) is 10.5. The summed E-state index contributed by atoms with van der Waals surface area (Å²) < 4.78 is 45.0. The minimum absolute atomic E-state index is 0.0148. The van der Waals surface area contributed by atoms with Crippen LogP contribution < -0.4 is 20.1 Å². The third-order valence-electron chi connectivity index (χ3n) is 10.2. The molecule has 3 fully saturated rings. The number of nitrogens with zero attached hydrogens (tertiary/aromatic N) is 6. The Morgan fingerprint density at radius 3 is 2.73 bits per heavy atom. The van der Waals surface area contributed by atoms with Gasteiger partial charge in [0.25, 0.3) is 0 Å². The van der Waals surface area contributed by atoms with Crippen LogP contribution in [-0.4, -0.2) is 83.7 Å². The van der Waals surface area contributed by atoms with Crippen molar-refractivity contribution in [3.8, 4) is 29.0 Å². The van der Waals surface area contributed by atoms with Crippen LogP contribution in [0, 0.1) is 28.9 Å². The van der Waals surface area contributed by atoms with Crippen LogP contribution in [-0.2, 0) is 4.79 Å². The van der Waals surface area contributed by atoms with E-state index < -0.39 is 11.6 Å². The molecule has 2 N–H and O–H groups in total. The third-order valence-corrected chi connectivity index (χ3v) is 11.6. The van der Waals surface area contributed by atoms with Crippen LogP contribution >= 0.6 is 22.9 Å². The molecule has 250 valence electrons. The molecular weight excluding hydrogens is 660 g/mol. The van der Waals surface area contributed by atoms with E-state index >= 15 is 4.39 Å². The summed E-state index contributed by atoms with van der Waals surface area (Å²) in [4.78, 5) is 28.7. The second-order valence-electron chi connectivity index (χ2n) is 13.2. The molecule has 1 aliphatic carbocycles. The number of hydrogen-bond donors (Lipinski definition) is 1. The van der Waals surface area contributed by atoms with Crippen LogP contribution in [0.2, 0.25) is 5.02 Å². The first-order valence-electron chi connectivity index (χ1n) is 16.3. The number of thiophene rings is 1. The maximum atomic E-state index is 17.2. The number of halogens is 3. The maximum absolute atomic E-state index is 17.2. The Morgan fingerprint density at radius 2 is 2.00 bits per heavy atom. The molecular formula is C34H34ClF2N7O3S. The number of nitrogen functional groups attached to an aromatic ring is 1. The number of anilines is 2. The van der Waals surface area contributed by atoms with Gasteiger partial charge in [0.05, 0.1) is 27.2 Å². The summed E-state index contributed by atoms with van der Waals surface area (Å²) in [6.07, 6.45) is 4.30. The number of aromatic nitrogens is 2. The number of carbonyl (C=O) groups excluding carboxylic acids is 1. The van der Waals surface area contributed by atoms with E-state index in [-0.39, 0.29) is 90.7 Å². The van der Waals surface area contributed by atoms with Gasteiger partial charge in [-0.25, -0.2) is 8.78 Å². The molecule has 4 aromatic rings. The number of rotatable bonds is 6. The topological polar surface area (TPSA) is 121 Å². The predicted molar refractivity (Wildman–Crippen MR) is 181 cm³/mol. The first kappa shape index (κ1) is 31.3. The van der Waals surface area contributed by atoms with Crippen molar-refractivity contribution in [1.29, 1.82) is 5.26 Å². The van der Waals surface area contributed by atoms with Crippen molar-refractivity contribution >= 4 is 60.7 Å². The van der Waals surface area contributed by atoms with Gasteiger partial charge in [-0.3, -0.25) is 9.69 Å². The molecule has 4 aliphatic rings. The lowest BCUT2D eigenvalue weighted by Gasteiger charge is -2.30. The highest BCUT2D eigenvalue weighted by atomic mass is 35.5. The molecule has 1 saturated carbocycles. The average molecular weight is 694 g/mol. The number of nitriles is 1. The number of ether oxygens (including phenoxy) is 2. The Kier molecular flexibility index (Phi) is 7.73. The van der Waals surface area contributed by atoms with E-state index in [0.717, 1.165) is 50.0 Å². The highest BCUT2D eigenvalue weighted by Gasteiger charge is 2.40. The summed E-state index contributed by atoms with van der Waals surface area (Å²) in [5.41, 5.74) is 6.22. The lowest BCUT2D eigenvalue weighted by atomic mass is 9.96. The number of likely N-dealkylation sites (tertiary alicyclic amines) is 2. The van der Waals surface area contributed by atoms with Gasteiger partial charge in [0, 0.05) is 42.0 Å². The molecule has 1 amide bonds. The minimum atomic E-state index is -0.776. The smallest absolute Gasteiger partial charge is 0.319 e. The van der Waals surface area contributed by atoms with Crippen LogP contribution in [0.25, 0.3) is 32.1 Å². The largest absolute Gasteiger partial charge is 0.489 e.